The first-order chi connectivity index (χ1) is 12.3. The van der Waals surface area contributed by atoms with E-state index in [1.165, 1.54) is 18.5 Å². The van der Waals surface area contributed by atoms with Crippen LogP contribution < -0.4 is 4.74 Å². The van der Waals surface area contributed by atoms with E-state index in [2.05, 4.69) is 20.4 Å². The summed E-state index contributed by atoms with van der Waals surface area (Å²) in [6.45, 7) is 0.119. The Labute approximate surface area is 141 Å². The van der Waals surface area contributed by atoms with E-state index in [1.807, 2.05) is 0 Å². The van der Waals surface area contributed by atoms with Gasteiger partial charge in [-0.15, -0.1) is 20.4 Å². The Balaban J connectivity index is 1.41. The molecule has 8 heteroatoms. The third-order valence-corrected chi connectivity index (χ3v) is 3.38. The Hall–Kier alpha value is -3.55. The van der Waals surface area contributed by atoms with Gasteiger partial charge in [-0.3, -0.25) is 0 Å². The van der Waals surface area contributed by atoms with Crippen LogP contribution in [0, 0.1) is 5.82 Å². The predicted molar refractivity (Wildman–Crippen MR) is 83.8 cm³/mol. The van der Waals surface area contributed by atoms with Crippen LogP contribution in [0.1, 0.15) is 5.89 Å². The number of nitrogens with zero attached hydrogens (tertiary/aromatic N) is 4. The van der Waals surface area contributed by atoms with Gasteiger partial charge in [0.05, 0.1) is 0 Å². The van der Waals surface area contributed by atoms with Gasteiger partial charge in [-0.2, -0.15) is 0 Å². The van der Waals surface area contributed by atoms with Crippen molar-refractivity contribution in [2.45, 2.75) is 6.61 Å². The van der Waals surface area contributed by atoms with E-state index in [1.54, 1.807) is 36.4 Å². The van der Waals surface area contributed by atoms with E-state index in [9.17, 15) is 4.39 Å². The summed E-state index contributed by atoms with van der Waals surface area (Å²) in [6, 6.07) is 13.0. The lowest BCUT2D eigenvalue weighted by molar-refractivity contribution is 0.264. The van der Waals surface area contributed by atoms with Gasteiger partial charge in [-0.05, 0) is 48.5 Å². The number of rotatable bonds is 5. The summed E-state index contributed by atoms with van der Waals surface area (Å²) in [5, 5.41) is 15.3. The third kappa shape index (κ3) is 3.37. The summed E-state index contributed by atoms with van der Waals surface area (Å²) in [7, 11) is 0. The molecule has 0 spiro atoms. The summed E-state index contributed by atoms with van der Waals surface area (Å²) < 4.78 is 29.2. The van der Waals surface area contributed by atoms with E-state index < -0.39 is 0 Å². The van der Waals surface area contributed by atoms with E-state index >= 15 is 0 Å². The Kier molecular flexibility index (Phi) is 3.91. The van der Waals surface area contributed by atoms with Crippen LogP contribution in [0.5, 0.6) is 5.75 Å². The molecule has 2 heterocycles. The first kappa shape index (κ1) is 15.0. The van der Waals surface area contributed by atoms with Crippen LogP contribution in [-0.2, 0) is 6.61 Å². The largest absolute Gasteiger partial charge is 0.484 e. The zero-order valence-corrected chi connectivity index (χ0v) is 12.8. The lowest BCUT2D eigenvalue weighted by Crippen LogP contribution is -1.95. The molecule has 0 amide bonds. The van der Waals surface area contributed by atoms with Crippen molar-refractivity contribution in [3.05, 3.63) is 66.6 Å². The van der Waals surface area contributed by atoms with Crippen molar-refractivity contribution in [2.24, 2.45) is 0 Å². The van der Waals surface area contributed by atoms with E-state index in [-0.39, 0.29) is 12.4 Å². The Morgan fingerprint density at radius 3 is 2.28 bits per heavy atom. The highest BCUT2D eigenvalue weighted by molar-refractivity contribution is 5.54. The highest BCUT2D eigenvalue weighted by Gasteiger charge is 2.10. The number of halogens is 1. The first-order valence-corrected chi connectivity index (χ1v) is 7.36. The van der Waals surface area contributed by atoms with Crippen molar-refractivity contribution in [1.29, 1.82) is 0 Å². The fourth-order valence-corrected chi connectivity index (χ4v) is 2.16. The molecule has 124 valence electrons. The number of benzene rings is 2. The Morgan fingerprint density at radius 1 is 0.840 bits per heavy atom. The summed E-state index contributed by atoms with van der Waals surface area (Å²) in [5.74, 6) is 1.37. The second-order valence-electron chi connectivity index (χ2n) is 5.06. The summed E-state index contributed by atoms with van der Waals surface area (Å²) in [6.07, 6.45) is 1.27. The molecule has 4 rings (SSSR count). The molecule has 0 bridgehead atoms. The molecule has 4 aromatic rings. The molecule has 0 fully saturated rings. The fourth-order valence-electron chi connectivity index (χ4n) is 2.16. The monoisotopic (exact) mass is 338 g/mol. The maximum Gasteiger partial charge on any atom is 0.254 e. The second kappa shape index (κ2) is 6.52. The van der Waals surface area contributed by atoms with Gasteiger partial charge in [0.2, 0.25) is 18.2 Å². The number of hydrogen-bond acceptors (Lipinski definition) is 7. The molecule has 2 aromatic carbocycles. The smallest absolute Gasteiger partial charge is 0.254 e. The quantitative estimate of drug-likeness (QED) is 0.550. The molecule has 0 saturated heterocycles. The maximum atomic E-state index is 12.9. The highest BCUT2D eigenvalue weighted by Crippen LogP contribution is 2.22. The van der Waals surface area contributed by atoms with Crippen LogP contribution in [-0.4, -0.2) is 20.4 Å². The standard InChI is InChI=1S/C17H11FN4O3/c18-13-5-1-12(2-6-13)17-22-20-15(25-17)9-23-14-7-3-11(4-8-14)16-21-19-10-24-16/h1-8,10H,9H2. The van der Waals surface area contributed by atoms with Crippen LogP contribution in [0.25, 0.3) is 22.9 Å². The summed E-state index contributed by atoms with van der Waals surface area (Å²) in [5.41, 5.74) is 1.44. The summed E-state index contributed by atoms with van der Waals surface area (Å²) >= 11 is 0. The number of aromatic nitrogens is 4. The molecule has 2 aromatic heterocycles. The number of hydrogen-bond donors (Lipinski definition) is 0. The van der Waals surface area contributed by atoms with Gasteiger partial charge in [-0.1, -0.05) is 0 Å². The molecule has 0 unspecified atom stereocenters. The highest BCUT2D eigenvalue weighted by atomic mass is 19.1. The Morgan fingerprint density at radius 2 is 1.56 bits per heavy atom. The lowest BCUT2D eigenvalue weighted by atomic mass is 10.2. The van der Waals surface area contributed by atoms with Gasteiger partial charge in [0.1, 0.15) is 11.6 Å². The van der Waals surface area contributed by atoms with Gasteiger partial charge in [-0.25, -0.2) is 4.39 Å². The molecule has 0 radical (unpaired) electrons. The predicted octanol–water partition coefficient (Wildman–Crippen LogP) is 3.50. The zero-order chi connectivity index (χ0) is 17.1. The average Bonchev–Trinajstić information content (AvgIpc) is 3.33. The topological polar surface area (TPSA) is 87.1 Å². The molecule has 0 N–H and O–H groups in total. The van der Waals surface area contributed by atoms with Crippen LogP contribution >= 0.6 is 0 Å². The van der Waals surface area contributed by atoms with E-state index in [4.69, 9.17) is 13.6 Å². The average molecular weight is 338 g/mol. The van der Waals surface area contributed by atoms with Crippen molar-refractivity contribution >= 4 is 0 Å². The second-order valence-corrected chi connectivity index (χ2v) is 5.06. The minimum absolute atomic E-state index is 0.119. The van der Waals surface area contributed by atoms with E-state index in [0.29, 0.717) is 29.0 Å². The van der Waals surface area contributed by atoms with Crippen LogP contribution in [0.3, 0.4) is 0 Å². The van der Waals surface area contributed by atoms with Crippen LogP contribution in [0.2, 0.25) is 0 Å². The third-order valence-electron chi connectivity index (χ3n) is 3.38. The SMILES string of the molecule is Fc1ccc(-c2nnc(COc3ccc(-c4nnco4)cc3)o2)cc1. The zero-order valence-electron chi connectivity index (χ0n) is 12.8. The molecule has 0 aliphatic rings. The molecule has 0 atom stereocenters. The van der Waals surface area contributed by atoms with Crippen molar-refractivity contribution in [2.75, 3.05) is 0 Å². The summed E-state index contributed by atoms with van der Waals surface area (Å²) in [4.78, 5) is 0. The minimum Gasteiger partial charge on any atom is -0.484 e. The number of ether oxygens (including phenoxy) is 1. The molecule has 7 nitrogen and oxygen atoms in total. The molecule has 0 aliphatic heterocycles. The van der Waals surface area contributed by atoms with Gasteiger partial charge < -0.3 is 13.6 Å². The van der Waals surface area contributed by atoms with Crippen molar-refractivity contribution < 1.29 is 18.0 Å². The first-order valence-electron chi connectivity index (χ1n) is 7.36. The fraction of sp³-hybridized carbons (Fsp3) is 0.0588. The molecule has 0 saturated carbocycles. The van der Waals surface area contributed by atoms with Gasteiger partial charge >= 0.3 is 0 Å². The maximum absolute atomic E-state index is 12.9. The minimum atomic E-state index is -0.323. The lowest BCUT2D eigenvalue weighted by Gasteiger charge is -2.03. The van der Waals surface area contributed by atoms with E-state index in [0.717, 1.165) is 5.56 Å². The normalized spacial score (nSPS) is 10.8. The molecular weight excluding hydrogens is 327 g/mol. The van der Waals surface area contributed by atoms with Crippen LogP contribution in [0.4, 0.5) is 4.39 Å². The molecular formula is C17H11FN4O3. The van der Waals surface area contributed by atoms with Gasteiger partial charge in [0, 0.05) is 11.1 Å². The van der Waals surface area contributed by atoms with Crippen molar-refractivity contribution in [3.8, 4) is 28.7 Å². The van der Waals surface area contributed by atoms with Crippen LogP contribution in [0.15, 0.2) is 63.8 Å². The van der Waals surface area contributed by atoms with Crippen molar-refractivity contribution in [1.82, 2.24) is 20.4 Å². The molecule has 0 aliphatic carbocycles. The van der Waals surface area contributed by atoms with Gasteiger partial charge in [0.25, 0.3) is 5.89 Å². The molecule has 25 heavy (non-hydrogen) atoms. The Bertz CT molecular complexity index is 950. The van der Waals surface area contributed by atoms with Crippen molar-refractivity contribution in [3.63, 3.8) is 0 Å². The van der Waals surface area contributed by atoms with Gasteiger partial charge in [0.15, 0.2) is 6.61 Å².